The molecule has 74 valence electrons. The van der Waals surface area contributed by atoms with Gasteiger partial charge < -0.3 is 5.73 Å². The van der Waals surface area contributed by atoms with E-state index in [-0.39, 0.29) is 11.8 Å². The molecule has 1 rings (SSSR count). The maximum Gasteiger partial charge on any atom is 0.346 e. The number of nitrogens with zero attached hydrogens (tertiary/aromatic N) is 2. The van der Waals surface area contributed by atoms with Gasteiger partial charge in [-0.1, -0.05) is 13.8 Å². The van der Waals surface area contributed by atoms with Crippen molar-refractivity contribution in [1.29, 1.82) is 0 Å². The van der Waals surface area contributed by atoms with Crippen LogP contribution in [0.5, 0.6) is 0 Å². The molecule has 0 spiro atoms. The molecule has 2 N–H and O–H groups in total. The third kappa shape index (κ3) is 2.45. The second-order valence-corrected chi connectivity index (χ2v) is 4.82. The summed E-state index contributed by atoms with van der Waals surface area (Å²) in [4.78, 5) is 0. The van der Waals surface area contributed by atoms with E-state index in [1.807, 2.05) is 13.8 Å². The highest BCUT2D eigenvalue weighted by Gasteiger charge is 2.21. The van der Waals surface area contributed by atoms with Crippen LogP contribution in [-0.2, 0) is 10.2 Å². The van der Waals surface area contributed by atoms with Gasteiger partial charge in [0.2, 0.25) is 0 Å². The van der Waals surface area contributed by atoms with Gasteiger partial charge in [-0.15, -0.1) is 4.40 Å². The third-order valence-electron chi connectivity index (χ3n) is 1.47. The van der Waals surface area contributed by atoms with Crippen molar-refractivity contribution in [1.82, 2.24) is 4.31 Å². The lowest BCUT2D eigenvalue weighted by Gasteiger charge is -2.21. The Morgan fingerprint density at radius 3 is 2.69 bits per heavy atom. The van der Waals surface area contributed by atoms with Gasteiger partial charge in [0.05, 0.1) is 0 Å². The lowest BCUT2D eigenvalue weighted by molar-refractivity contribution is 0.443. The van der Waals surface area contributed by atoms with Gasteiger partial charge in [0.25, 0.3) is 0 Å². The van der Waals surface area contributed by atoms with Crippen molar-refractivity contribution in [3.8, 4) is 0 Å². The lowest BCUT2D eigenvalue weighted by atomic mass is 10.2. The predicted molar refractivity (Wildman–Crippen MR) is 51.2 cm³/mol. The Morgan fingerprint density at radius 1 is 1.62 bits per heavy atom. The normalized spacial score (nSPS) is 20.5. The molecule has 1 heterocycles. The molecule has 6 heteroatoms. The van der Waals surface area contributed by atoms with Crippen LogP contribution in [0.2, 0.25) is 0 Å². The smallest absolute Gasteiger partial charge is 0.346 e. The van der Waals surface area contributed by atoms with Crippen LogP contribution in [-0.4, -0.2) is 25.1 Å². The number of hydrogen-bond donors (Lipinski definition) is 1. The van der Waals surface area contributed by atoms with E-state index in [9.17, 15) is 8.42 Å². The predicted octanol–water partition coefficient (Wildman–Crippen LogP) is 0.0737. The quantitative estimate of drug-likeness (QED) is 0.690. The summed E-state index contributed by atoms with van der Waals surface area (Å²) < 4.78 is 27.2. The number of amidine groups is 1. The molecule has 0 aromatic rings. The topological polar surface area (TPSA) is 75.8 Å². The molecule has 0 amide bonds. The van der Waals surface area contributed by atoms with Gasteiger partial charge in [-0.25, -0.2) is 0 Å². The maximum atomic E-state index is 11.3. The molecule has 0 radical (unpaired) electrons. The molecule has 0 unspecified atom stereocenters. The van der Waals surface area contributed by atoms with Gasteiger partial charge in [0.15, 0.2) is 0 Å². The average molecular weight is 203 g/mol. The molecule has 0 saturated heterocycles. The Bertz CT molecular complexity index is 343. The highest BCUT2D eigenvalue weighted by Crippen LogP contribution is 2.11. The summed E-state index contributed by atoms with van der Waals surface area (Å²) in [5.41, 5.74) is 5.26. The Hall–Kier alpha value is -1.04. The molecule has 1 aliphatic heterocycles. The zero-order valence-corrected chi connectivity index (χ0v) is 8.45. The van der Waals surface area contributed by atoms with Gasteiger partial charge in [0, 0.05) is 12.7 Å². The fourth-order valence-electron chi connectivity index (χ4n) is 0.967. The summed E-state index contributed by atoms with van der Waals surface area (Å²) >= 11 is 0. The third-order valence-corrected chi connectivity index (χ3v) is 2.78. The lowest BCUT2D eigenvalue weighted by Crippen LogP contribution is -2.32. The van der Waals surface area contributed by atoms with E-state index in [2.05, 4.69) is 4.40 Å². The Balaban J connectivity index is 2.87. The standard InChI is InChI=1S/C7H13N3O2S/c1-6(2)5-10-4-3-7(8)9-13(10,11)12/h3-4,6H,5H2,1-2H3,(H2,8,9). The molecule has 0 aliphatic carbocycles. The maximum absolute atomic E-state index is 11.3. The zero-order valence-electron chi connectivity index (χ0n) is 7.64. The van der Waals surface area contributed by atoms with Crippen LogP contribution in [0.3, 0.4) is 0 Å². The first kappa shape index (κ1) is 10.0. The van der Waals surface area contributed by atoms with Crippen molar-refractivity contribution in [2.75, 3.05) is 6.54 Å². The monoisotopic (exact) mass is 203 g/mol. The average Bonchev–Trinajstić information content (AvgIpc) is 1.93. The van der Waals surface area contributed by atoms with Gasteiger partial charge in [-0.3, -0.25) is 4.31 Å². The molecule has 0 fully saturated rings. The van der Waals surface area contributed by atoms with Gasteiger partial charge in [-0.2, -0.15) is 8.42 Å². The van der Waals surface area contributed by atoms with E-state index in [0.717, 1.165) is 0 Å². The summed E-state index contributed by atoms with van der Waals surface area (Å²) in [6.45, 7) is 4.30. The largest absolute Gasteiger partial charge is 0.383 e. The molecule has 0 atom stereocenters. The second kappa shape index (κ2) is 3.37. The van der Waals surface area contributed by atoms with Crippen LogP contribution in [0.4, 0.5) is 0 Å². The van der Waals surface area contributed by atoms with Crippen LogP contribution >= 0.6 is 0 Å². The number of rotatable bonds is 2. The van der Waals surface area contributed by atoms with Crippen LogP contribution in [0.1, 0.15) is 13.8 Å². The highest BCUT2D eigenvalue weighted by atomic mass is 32.2. The highest BCUT2D eigenvalue weighted by molar-refractivity contribution is 7.88. The second-order valence-electron chi connectivity index (χ2n) is 3.27. The number of nitrogens with two attached hydrogens (primary N) is 1. The molecule has 0 saturated carbocycles. The van der Waals surface area contributed by atoms with Crippen LogP contribution in [0.15, 0.2) is 16.7 Å². The minimum Gasteiger partial charge on any atom is -0.383 e. The first-order chi connectivity index (χ1) is 5.92. The van der Waals surface area contributed by atoms with Gasteiger partial charge >= 0.3 is 10.2 Å². The van der Waals surface area contributed by atoms with Gasteiger partial charge in [0.1, 0.15) is 5.84 Å². The SMILES string of the molecule is CC(C)CN1C=CC(N)=NS1(=O)=O. The molecule has 0 aromatic carbocycles. The Labute approximate surface area is 78.1 Å². The van der Waals surface area contributed by atoms with Crippen LogP contribution in [0, 0.1) is 5.92 Å². The zero-order chi connectivity index (χ0) is 10.1. The molecule has 13 heavy (non-hydrogen) atoms. The first-order valence-electron chi connectivity index (χ1n) is 3.97. The Morgan fingerprint density at radius 2 is 2.23 bits per heavy atom. The van der Waals surface area contributed by atoms with Crippen molar-refractivity contribution in [3.63, 3.8) is 0 Å². The van der Waals surface area contributed by atoms with E-state index in [1.54, 1.807) is 0 Å². The van der Waals surface area contributed by atoms with Crippen molar-refractivity contribution in [2.45, 2.75) is 13.8 Å². The van der Waals surface area contributed by atoms with Gasteiger partial charge in [-0.05, 0) is 12.0 Å². The molecular weight excluding hydrogens is 190 g/mol. The summed E-state index contributed by atoms with van der Waals surface area (Å²) in [5, 5.41) is 0. The van der Waals surface area contributed by atoms with Crippen molar-refractivity contribution >= 4 is 16.0 Å². The van der Waals surface area contributed by atoms with E-state index in [4.69, 9.17) is 5.73 Å². The van der Waals surface area contributed by atoms with Crippen molar-refractivity contribution < 1.29 is 8.42 Å². The summed E-state index contributed by atoms with van der Waals surface area (Å²) in [7, 11) is -3.56. The number of hydrogen-bond acceptors (Lipinski definition) is 3. The van der Waals surface area contributed by atoms with E-state index in [1.165, 1.54) is 16.6 Å². The molecule has 0 bridgehead atoms. The fraction of sp³-hybridized carbons (Fsp3) is 0.571. The van der Waals surface area contributed by atoms with E-state index >= 15 is 0 Å². The van der Waals surface area contributed by atoms with E-state index < -0.39 is 10.2 Å². The minimum atomic E-state index is -3.56. The molecular formula is C7H13N3O2S. The molecule has 5 nitrogen and oxygen atoms in total. The molecule has 1 aliphatic rings. The fourth-order valence-corrected chi connectivity index (χ4v) is 2.10. The summed E-state index contributed by atoms with van der Waals surface area (Å²) in [6, 6.07) is 0. The van der Waals surface area contributed by atoms with Crippen molar-refractivity contribution in [3.05, 3.63) is 12.3 Å². The minimum absolute atomic E-state index is 0.0278. The summed E-state index contributed by atoms with van der Waals surface area (Å²) in [5.74, 6) is 0.286. The Kier molecular flexibility index (Phi) is 2.60. The van der Waals surface area contributed by atoms with Crippen LogP contribution in [0.25, 0.3) is 0 Å². The molecule has 0 aromatic heterocycles. The first-order valence-corrected chi connectivity index (χ1v) is 5.37. The van der Waals surface area contributed by atoms with E-state index in [0.29, 0.717) is 6.54 Å². The van der Waals surface area contributed by atoms with Crippen LogP contribution < -0.4 is 5.73 Å². The summed E-state index contributed by atoms with van der Waals surface area (Å²) in [6.07, 6.45) is 2.92. The van der Waals surface area contributed by atoms with Crippen molar-refractivity contribution in [2.24, 2.45) is 16.0 Å².